The van der Waals surface area contributed by atoms with Gasteiger partial charge in [0.2, 0.25) is 0 Å². The van der Waals surface area contributed by atoms with Gasteiger partial charge in [0.15, 0.2) is 0 Å². The molecule has 0 aliphatic carbocycles. The second kappa shape index (κ2) is 6.41. The minimum atomic E-state index is 0.775. The molecule has 2 aromatic rings. The molecule has 0 heterocycles. The predicted molar refractivity (Wildman–Crippen MR) is 77.1 cm³/mol. The van der Waals surface area contributed by atoms with Crippen LogP contribution in [0.4, 0.5) is 0 Å². The van der Waals surface area contributed by atoms with E-state index in [0.717, 1.165) is 31.9 Å². The van der Waals surface area contributed by atoms with Gasteiger partial charge in [-0.3, -0.25) is 0 Å². The molecule has 0 saturated heterocycles. The van der Waals surface area contributed by atoms with Crippen molar-refractivity contribution in [2.24, 2.45) is 0 Å². The smallest absolute Gasteiger partial charge is 0.124 e. The van der Waals surface area contributed by atoms with Crippen molar-refractivity contribution < 1.29 is 4.74 Å². The van der Waals surface area contributed by atoms with Crippen molar-refractivity contribution in [2.75, 3.05) is 13.2 Å². The summed E-state index contributed by atoms with van der Waals surface area (Å²) in [6, 6.07) is 12.7. The van der Waals surface area contributed by atoms with Crippen LogP contribution in [0.25, 0.3) is 10.8 Å². The van der Waals surface area contributed by atoms with Crippen molar-refractivity contribution in [1.29, 1.82) is 0 Å². The minimum Gasteiger partial charge on any atom is -0.493 e. The first-order valence-electron chi connectivity index (χ1n) is 6.71. The summed E-state index contributed by atoms with van der Waals surface area (Å²) in [6.45, 7) is 6.85. The number of hydrogen-bond donors (Lipinski definition) is 1. The third-order valence-electron chi connectivity index (χ3n) is 3.01. The van der Waals surface area contributed by atoms with E-state index in [2.05, 4.69) is 55.6 Å². The summed E-state index contributed by atoms with van der Waals surface area (Å²) in [5.41, 5.74) is 1.27. The lowest BCUT2D eigenvalue weighted by molar-refractivity contribution is 0.314. The van der Waals surface area contributed by atoms with Crippen LogP contribution in [0.1, 0.15) is 25.8 Å². The van der Waals surface area contributed by atoms with Crippen LogP contribution in [0.5, 0.6) is 5.75 Å². The van der Waals surface area contributed by atoms with Gasteiger partial charge in [0, 0.05) is 12.1 Å². The lowest BCUT2D eigenvalue weighted by Gasteiger charge is -2.14. The van der Waals surface area contributed by atoms with Gasteiger partial charge in [-0.15, -0.1) is 0 Å². The maximum absolute atomic E-state index is 5.85. The van der Waals surface area contributed by atoms with Crippen molar-refractivity contribution in [3.05, 3.63) is 42.0 Å². The Hall–Kier alpha value is -1.54. The zero-order valence-corrected chi connectivity index (χ0v) is 11.2. The molecule has 0 aromatic heterocycles. The molecule has 96 valence electrons. The van der Waals surface area contributed by atoms with E-state index in [-0.39, 0.29) is 0 Å². The fraction of sp³-hybridized carbons (Fsp3) is 0.375. The maximum atomic E-state index is 5.85. The van der Waals surface area contributed by atoms with Crippen molar-refractivity contribution >= 4 is 10.8 Å². The van der Waals surface area contributed by atoms with E-state index in [0.29, 0.717) is 0 Å². The summed E-state index contributed by atoms with van der Waals surface area (Å²) in [7, 11) is 0. The highest BCUT2D eigenvalue weighted by molar-refractivity contribution is 5.87. The Labute approximate surface area is 109 Å². The number of rotatable bonds is 6. The molecule has 2 aromatic carbocycles. The van der Waals surface area contributed by atoms with E-state index in [9.17, 15) is 0 Å². The second-order valence-electron chi connectivity index (χ2n) is 4.39. The molecule has 2 heteroatoms. The first-order valence-corrected chi connectivity index (χ1v) is 6.71. The van der Waals surface area contributed by atoms with Gasteiger partial charge in [-0.1, -0.05) is 44.2 Å². The van der Waals surface area contributed by atoms with Crippen LogP contribution in [0.3, 0.4) is 0 Å². The third kappa shape index (κ3) is 2.82. The highest BCUT2D eigenvalue weighted by Gasteiger charge is 2.07. The number of fused-ring (bicyclic) bond motifs is 1. The van der Waals surface area contributed by atoms with Gasteiger partial charge in [-0.05, 0) is 29.8 Å². The second-order valence-corrected chi connectivity index (χ2v) is 4.39. The van der Waals surface area contributed by atoms with Gasteiger partial charge in [-0.2, -0.15) is 0 Å². The standard InChI is InChI=1S/C16H21NO/c1-3-11-18-16-10-9-13-7-5-6-8-14(13)15(16)12-17-4-2/h5-10,17H,3-4,11-12H2,1-2H3. The average Bonchev–Trinajstić information content (AvgIpc) is 2.43. The maximum Gasteiger partial charge on any atom is 0.124 e. The molecule has 0 amide bonds. The van der Waals surface area contributed by atoms with Crippen LogP contribution in [0.15, 0.2) is 36.4 Å². The van der Waals surface area contributed by atoms with Crippen LogP contribution < -0.4 is 10.1 Å². The van der Waals surface area contributed by atoms with Crippen LogP contribution in [-0.2, 0) is 6.54 Å². The zero-order valence-electron chi connectivity index (χ0n) is 11.2. The van der Waals surface area contributed by atoms with Crippen molar-refractivity contribution in [3.8, 4) is 5.75 Å². The molecule has 0 spiro atoms. The predicted octanol–water partition coefficient (Wildman–Crippen LogP) is 3.74. The van der Waals surface area contributed by atoms with Crippen LogP contribution >= 0.6 is 0 Å². The number of nitrogens with one attached hydrogen (secondary N) is 1. The minimum absolute atomic E-state index is 0.775. The fourth-order valence-electron chi connectivity index (χ4n) is 2.10. The Bertz CT molecular complexity index is 507. The van der Waals surface area contributed by atoms with Gasteiger partial charge in [0.05, 0.1) is 6.61 Å². The quantitative estimate of drug-likeness (QED) is 0.834. The molecule has 0 bridgehead atoms. The van der Waals surface area contributed by atoms with Gasteiger partial charge < -0.3 is 10.1 Å². The zero-order chi connectivity index (χ0) is 12.8. The Morgan fingerprint density at radius 2 is 1.89 bits per heavy atom. The van der Waals surface area contributed by atoms with E-state index in [1.807, 2.05) is 0 Å². The lowest BCUT2D eigenvalue weighted by atomic mass is 10.0. The van der Waals surface area contributed by atoms with Gasteiger partial charge in [0.25, 0.3) is 0 Å². The SMILES string of the molecule is CCCOc1ccc2ccccc2c1CNCC. The normalized spacial score (nSPS) is 10.8. The monoisotopic (exact) mass is 243 g/mol. The van der Waals surface area contributed by atoms with Crippen molar-refractivity contribution in [2.45, 2.75) is 26.8 Å². The van der Waals surface area contributed by atoms with Crippen molar-refractivity contribution in [3.63, 3.8) is 0 Å². The lowest BCUT2D eigenvalue weighted by Crippen LogP contribution is -2.13. The molecule has 2 rings (SSSR count). The van der Waals surface area contributed by atoms with Crippen molar-refractivity contribution in [1.82, 2.24) is 5.32 Å². The van der Waals surface area contributed by atoms with Crippen LogP contribution in [-0.4, -0.2) is 13.2 Å². The topological polar surface area (TPSA) is 21.3 Å². The highest BCUT2D eigenvalue weighted by Crippen LogP contribution is 2.28. The molecular formula is C16H21NO. The molecule has 0 radical (unpaired) electrons. The van der Waals surface area contributed by atoms with Crippen LogP contribution in [0.2, 0.25) is 0 Å². The van der Waals surface area contributed by atoms with E-state index in [4.69, 9.17) is 4.74 Å². The summed E-state index contributed by atoms with van der Waals surface area (Å²) in [5, 5.41) is 5.95. The molecule has 0 saturated carbocycles. The third-order valence-corrected chi connectivity index (χ3v) is 3.01. The summed E-state index contributed by atoms with van der Waals surface area (Å²) < 4.78 is 5.85. The molecule has 0 unspecified atom stereocenters. The molecule has 1 N–H and O–H groups in total. The van der Waals surface area contributed by atoms with Crippen LogP contribution in [0, 0.1) is 0 Å². The molecular weight excluding hydrogens is 222 g/mol. The van der Waals surface area contributed by atoms with Gasteiger partial charge in [-0.25, -0.2) is 0 Å². The summed E-state index contributed by atoms with van der Waals surface area (Å²) in [5.74, 6) is 1.01. The molecule has 0 atom stereocenters. The van der Waals surface area contributed by atoms with E-state index < -0.39 is 0 Å². The summed E-state index contributed by atoms with van der Waals surface area (Å²) in [6.07, 6.45) is 1.04. The van der Waals surface area contributed by atoms with E-state index >= 15 is 0 Å². The summed E-state index contributed by atoms with van der Waals surface area (Å²) in [4.78, 5) is 0. The Kier molecular flexibility index (Phi) is 4.59. The van der Waals surface area contributed by atoms with Gasteiger partial charge >= 0.3 is 0 Å². The number of ether oxygens (including phenoxy) is 1. The number of benzene rings is 2. The van der Waals surface area contributed by atoms with E-state index in [1.165, 1.54) is 16.3 Å². The molecule has 2 nitrogen and oxygen atoms in total. The molecule has 0 fully saturated rings. The highest BCUT2D eigenvalue weighted by atomic mass is 16.5. The Balaban J connectivity index is 2.41. The average molecular weight is 243 g/mol. The molecule has 0 aliphatic heterocycles. The fourth-order valence-corrected chi connectivity index (χ4v) is 2.10. The molecule has 0 aliphatic rings. The summed E-state index contributed by atoms with van der Waals surface area (Å²) >= 11 is 0. The first-order chi connectivity index (χ1) is 8.86. The first kappa shape index (κ1) is 12.9. The van der Waals surface area contributed by atoms with Gasteiger partial charge in [0.1, 0.15) is 5.75 Å². The Morgan fingerprint density at radius 1 is 1.06 bits per heavy atom. The number of hydrogen-bond acceptors (Lipinski definition) is 2. The molecule has 18 heavy (non-hydrogen) atoms. The Morgan fingerprint density at radius 3 is 2.67 bits per heavy atom. The largest absolute Gasteiger partial charge is 0.493 e. The van der Waals surface area contributed by atoms with E-state index in [1.54, 1.807) is 0 Å².